The Hall–Kier alpha value is -2.75. The van der Waals surface area contributed by atoms with Gasteiger partial charge in [0, 0.05) is 56.4 Å². The SMILES string of the molecule is Cc1ccc(-n2c(SCC(=O)N3CCN(CCO)CC3)nnc2-c2ccncc2)cc1. The molecule has 1 saturated heterocycles. The van der Waals surface area contributed by atoms with Crippen LogP contribution in [0, 0.1) is 6.92 Å². The third-order valence-corrected chi connectivity index (χ3v) is 6.24. The van der Waals surface area contributed by atoms with Gasteiger partial charge in [0.05, 0.1) is 12.4 Å². The summed E-state index contributed by atoms with van der Waals surface area (Å²) in [5.41, 5.74) is 3.04. The zero-order chi connectivity index (χ0) is 21.6. The molecule has 1 aliphatic heterocycles. The second-order valence-corrected chi connectivity index (χ2v) is 8.39. The molecule has 3 heterocycles. The number of carbonyl (C=O) groups excluding carboxylic acids is 1. The molecule has 3 aromatic rings. The standard InChI is InChI=1S/C22H26N6O2S/c1-17-2-4-19(5-3-17)28-21(18-6-8-23-9-7-18)24-25-22(28)31-16-20(30)27-12-10-26(11-13-27)14-15-29/h2-9,29H,10-16H2,1H3. The maximum absolute atomic E-state index is 12.8. The van der Waals surface area contributed by atoms with E-state index >= 15 is 0 Å². The van der Waals surface area contributed by atoms with Crippen molar-refractivity contribution in [3.63, 3.8) is 0 Å². The average Bonchev–Trinajstić information content (AvgIpc) is 3.23. The molecule has 0 aliphatic carbocycles. The number of piperazine rings is 1. The number of benzene rings is 1. The van der Waals surface area contributed by atoms with Crippen LogP contribution in [0.1, 0.15) is 5.56 Å². The summed E-state index contributed by atoms with van der Waals surface area (Å²) in [5.74, 6) is 1.12. The third kappa shape index (κ3) is 5.12. The number of aliphatic hydroxyl groups excluding tert-OH is 1. The van der Waals surface area contributed by atoms with Gasteiger partial charge in [-0.25, -0.2) is 0 Å². The van der Waals surface area contributed by atoms with Crippen molar-refractivity contribution in [2.45, 2.75) is 12.1 Å². The van der Waals surface area contributed by atoms with Crippen LogP contribution in [0.2, 0.25) is 0 Å². The summed E-state index contributed by atoms with van der Waals surface area (Å²) in [6.07, 6.45) is 3.46. The Kier molecular flexibility index (Phi) is 6.96. The third-order valence-electron chi connectivity index (χ3n) is 5.33. The number of aliphatic hydroxyl groups is 1. The van der Waals surface area contributed by atoms with Crippen molar-refractivity contribution in [3.05, 3.63) is 54.4 Å². The quantitative estimate of drug-likeness (QED) is 0.564. The predicted octanol–water partition coefficient (Wildman–Crippen LogP) is 1.87. The normalized spacial score (nSPS) is 14.7. The molecule has 1 aromatic carbocycles. The van der Waals surface area contributed by atoms with Crippen molar-refractivity contribution in [2.24, 2.45) is 0 Å². The number of pyridine rings is 1. The molecule has 8 nitrogen and oxygen atoms in total. The van der Waals surface area contributed by atoms with E-state index in [1.807, 2.05) is 40.7 Å². The average molecular weight is 439 g/mol. The van der Waals surface area contributed by atoms with Gasteiger partial charge in [0.15, 0.2) is 11.0 Å². The van der Waals surface area contributed by atoms with Crippen LogP contribution in [0.3, 0.4) is 0 Å². The highest BCUT2D eigenvalue weighted by molar-refractivity contribution is 7.99. The highest BCUT2D eigenvalue weighted by Gasteiger charge is 2.22. The van der Waals surface area contributed by atoms with Gasteiger partial charge in [-0.1, -0.05) is 29.5 Å². The van der Waals surface area contributed by atoms with Crippen molar-refractivity contribution in [3.8, 4) is 17.1 Å². The molecule has 0 unspecified atom stereocenters. The summed E-state index contributed by atoms with van der Waals surface area (Å²) < 4.78 is 1.99. The van der Waals surface area contributed by atoms with Crippen molar-refractivity contribution in [2.75, 3.05) is 45.1 Å². The monoisotopic (exact) mass is 438 g/mol. The van der Waals surface area contributed by atoms with Crippen LogP contribution in [0.4, 0.5) is 0 Å². The van der Waals surface area contributed by atoms with Crippen LogP contribution in [0.5, 0.6) is 0 Å². The Morgan fingerprint density at radius 1 is 1.03 bits per heavy atom. The van der Waals surface area contributed by atoms with Gasteiger partial charge in [-0.15, -0.1) is 10.2 Å². The van der Waals surface area contributed by atoms with E-state index in [9.17, 15) is 4.79 Å². The van der Waals surface area contributed by atoms with Gasteiger partial charge >= 0.3 is 0 Å². The van der Waals surface area contributed by atoms with Crippen LogP contribution in [0.15, 0.2) is 53.9 Å². The maximum Gasteiger partial charge on any atom is 0.233 e. The first-order chi connectivity index (χ1) is 15.2. The smallest absolute Gasteiger partial charge is 0.233 e. The topological polar surface area (TPSA) is 87.4 Å². The first kappa shape index (κ1) is 21.5. The molecule has 162 valence electrons. The van der Waals surface area contributed by atoms with E-state index in [0.29, 0.717) is 30.5 Å². The van der Waals surface area contributed by atoms with Gasteiger partial charge < -0.3 is 10.0 Å². The second-order valence-electron chi connectivity index (χ2n) is 7.45. The van der Waals surface area contributed by atoms with E-state index in [2.05, 4.69) is 32.2 Å². The fourth-order valence-corrected chi connectivity index (χ4v) is 4.41. The molecule has 1 fully saturated rings. The largest absolute Gasteiger partial charge is 0.395 e. The lowest BCUT2D eigenvalue weighted by Crippen LogP contribution is -2.49. The fraction of sp³-hybridized carbons (Fsp3) is 0.364. The highest BCUT2D eigenvalue weighted by atomic mass is 32.2. The van der Waals surface area contributed by atoms with Crippen LogP contribution in [-0.4, -0.2) is 85.6 Å². The van der Waals surface area contributed by atoms with Crippen LogP contribution >= 0.6 is 11.8 Å². The number of aromatic nitrogens is 4. The maximum atomic E-state index is 12.8. The molecule has 1 N–H and O–H groups in total. The van der Waals surface area contributed by atoms with Gasteiger partial charge in [-0.05, 0) is 31.2 Å². The van der Waals surface area contributed by atoms with Crippen molar-refractivity contribution in [1.29, 1.82) is 0 Å². The molecule has 0 spiro atoms. The van der Waals surface area contributed by atoms with Gasteiger partial charge in [-0.2, -0.15) is 0 Å². The summed E-state index contributed by atoms with van der Waals surface area (Å²) in [6.45, 7) is 5.82. The molecule has 1 amide bonds. The van der Waals surface area contributed by atoms with E-state index in [0.717, 1.165) is 30.2 Å². The number of rotatable bonds is 7. The molecule has 0 atom stereocenters. The van der Waals surface area contributed by atoms with Crippen LogP contribution in [0.25, 0.3) is 17.1 Å². The Bertz CT molecular complexity index is 1000. The van der Waals surface area contributed by atoms with E-state index in [4.69, 9.17) is 5.11 Å². The summed E-state index contributed by atoms with van der Waals surface area (Å²) in [4.78, 5) is 20.9. The first-order valence-corrected chi connectivity index (χ1v) is 11.3. The van der Waals surface area contributed by atoms with Crippen molar-refractivity contribution >= 4 is 17.7 Å². The van der Waals surface area contributed by atoms with Gasteiger partial charge in [0.1, 0.15) is 0 Å². The zero-order valence-corrected chi connectivity index (χ0v) is 18.3. The summed E-state index contributed by atoms with van der Waals surface area (Å²) in [6, 6.07) is 12.0. The lowest BCUT2D eigenvalue weighted by Gasteiger charge is -2.34. The molecule has 1 aliphatic rings. The van der Waals surface area contributed by atoms with E-state index < -0.39 is 0 Å². The van der Waals surface area contributed by atoms with Gasteiger partial charge in [0.25, 0.3) is 0 Å². The lowest BCUT2D eigenvalue weighted by atomic mass is 10.2. The number of nitrogens with zero attached hydrogens (tertiary/aromatic N) is 6. The van der Waals surface area contributed by atoms with Gasteiger partial charge in [-0.3, -0.25) is 19.2 Å². The number of β-amino-alcohol motifs (C(OH)–C–C–N with tert-alkyl or cyclic N) is 1. The molecule has 4 rings (SSSR count). The Labute approximate surface area is 185 Å². The van der Waals surface area contributed by atoms with Crippen molar-refractivity contribution < 1.29 is 9.90 Å². The van der Waals surface area contributed by atoms with Crippen LogP contribution < -0.4 is 0 Å². The minimum Gasteiger partial charge on any atom is -0.395 e. The lowest BCUT2D eigenvalue weighted by molar-refractivity contribution is -0.130. The molecule has 31 heavy (non-hydrogen) atoms. The molecular weight excluding hydrogens is 412 g/mol. The number of aryl methyl sites for hydroxylation is 1. The fourth-order valence-electron chi connectivity index (χ4n) is 3.56. The Balaban J connectivity index is 1.51. The highest BCUT2D eigenvalue weighted by Crippen LogP contribution is 2.28. The summed E-state index contributed by atoms with van der Waals surface area (Å²) in [5, 5.41) is 18.6. The molecule has 2 aromatic heterocycles. The Morgan fingerprint density at radius 2 is 1.74 bits per heavy atom. The zero-order valence-electron chi connectivity index (χ0n) is 17.5. The second kappa shape index (κ2) is 10.0. The number of hydrogen-bond acceptors (Lipinski definition) is 7. The van der Waals surface area contributed by atoms with E-state index in [-0.39, 0.29) is 12.5 Å². The minimum atomic E-state index is 0.0950. The number of hydrogen-bond donors (Lipinski definition) is 1. The molecule has 0 radical (unpaired) electrons. The van der Waals surface area contributed by atoms with Gasteiger partial charge in [0.2, 0.25) is 5.91 Å². The number of carbonyl (C=O) groups is 1. The summed E-state index contributed by atoms with van der Waals surface area (Å²) >= 11 is 1.40. The van der Waals surface area contributed by atoms with E-state index in [1.54, 1.807) is 12.4 Å². The number of amides is 1. The molecule has 0 saturated carbocycles. The minimum absolute atomic E-state index is 0.0950. The molecule has 9 heteroatoms. The van der Waals surface area contributed by atoms with Crippen molar-refractivity contribution in [1.82, 2.24) is 29.5 Å². The van der Waals surface area contributed by atoms with E-state index in [1.165, 1.54) is 17.3 Å². The molecule has 0 bridgehead atoms. The number of thioether (sulfide) groups is 1. The van der Waals surface area contributed by atoms with Crippen LogP contribution in [-0.2, 0) is 4.79 Å². The Morgan fingerprint density at radius 3 is 2.42 bits per heavy atom. The first-order valence-electron chi connectivity index (χ1n) is 10.3. The summed E-state index contributed by atoms with van der Waals surface area (Å²) in [7, 11) is 0. The molecular formula is C22H26N6O2S. The predicted molar refractivity (Wildman–Crippen MR) is 120 cm³/mol.